The molecule has 0 amide bonds. The molecule has 19 heavy (non-hydrogen) atoms. The molecule has 0 bridgehead atoms. The molecule has 7 heteroatoms. The van der Waals surface area contributed by atoms with Crippen molar-refractivity contribution in [2.24, 2.45) is 0 Å². The Balaban J connectivity index is 2.25. The van der Waals surface area contributed by atoms with Crippen molar-refractivity contribution in [3.8, 4) is 0 Å². The molecule has 0 fully saturated rings. The van der Waals surface area contributed by atoms with Crippen molar-refractivity contribution in [2.75, 3.05) is 16.4 Å². The largest absolute Gasteiger partial charge is 0.368 e. The van der Waals surface area contributed by atoms with E-state index in [4.69, 9.17) is 5.73 Å². The molecular weight excluding hydrogens is 247 g/mol. The first-order valence-corrected chi connectivity index (χ1v) is 5.84. The number of nitrogens with one attached hydrogen (secondary N) is 2. The average molecular weight is 262 g/mol. The van der Waals surface area contributed by atoms with Crippen LogP contribution in [0.1, 0.15) is 13.8 Å². The number of aromatic nitrogens is 3. The highest BCUT2D eigenvalue weighted by molar-refractivity contribution is 5.55. The normalized spacial score (nSPS) is 10.5. The topological polar surface area (TPSA) is 88.8 Å². The molecule has 0 aliphatic heterocycles. The lowest BCUT2D eigenvalue weighted by atomic mass is 10.3. The molecule has 0 radical (unpaired) electrons. The summed E-state index contributed by atoms with van der Waals surface area (Å²) in [5.41, 5.74) is 5.87. The van der Waals surface area contributed by atoms with Gasteiger partial charge in [0.15, 0.2) is 0 Å². The maximum Gasteiger partial charge on any atom is 0.233 e. The smallest absolute Gasteiger partial charge is 0.233 e. The minimum atomic E-state index is -0.389. The summed E-state index contributed by atoms with van der Waals surface area (Å²) in [4.78, 5) is 12.0. The number of nitrogens with two attached hydrogens (primary N) is 1. The van der Waals surface area contributed by atoms with Crippen LogP contribution in [-0.2, 0) is 0 Å². The van der Waals surface area contributed by atoms with Gasteiger partial charge in [0, 0.05) is 6.04 Å². The lowest BCUT2D eigenvalue weighted by Gasteiger charge is -2.10. The van der Waals surface area contributed by atoms with Crippen LogP contribution in [0.25, 0.3) is 0 Å². The Morgan fingerprint density at radius 2 is 1.79 bits per heavy atom. The van der Waals surface area contributed by atoms with Crippen LogP contribution in [0.5, 0.6) is 0 Å². The number of para-hydroxylation sites is 1. The van der Waals surface area contributed by atoms with E-state index in [9.17, 15) is 4.39 Å². The second-order valence-corrected chi connectivity index (χ2v) is 4.24. The van der Waals surface area contributed by atoms with Crippen molar-refractivity contribution in [3.63, 3.8) is 0 Å². The minimum absolute atomic E-state index is 0.0667. The molecule has 0 aliphatic rings. The van der Waals surface area contributed by atoms with Crippen LogP contribution in [0, 0.1) is 5.82 Å². The van der Waals surface area contributed by atoms with Gasteiger partial charge in [0.2, 0.25) is 17.8 Å². The molecule has 0 atom stereocenters. The quantitative estimate of drug-likeness (QED) is 0.782. The Kier molecular flexibility index (Phi) is 3.74. The minimum Gasteiger partial charge on any atom is -0.368 e. The molecule has 0 saturated heterocycles. The predicted molar refractivity (Wildman–Crippen MR) is 72.7 cm³/mol. The molecule has 4 N–H and O–H groups in total. The van der Waals surface area contributed by atoms with E-state index < -0.39 is 0 Å². The molecule has 0 saturated carbocycles. The molecule has 6 nitrogen and oxygen atoms in total. The summed E-state index contributed by atoms with van der Waals surface area (Å²) < 4.78 is 13.5. The third-order valence-corrected chi connectivity index (χ3v) is 2.19. The standard InChI is InChI=1S/C12H15FN6/c1-7(2)15-11-17-10(14)18-12(19-11)16-9-6-4-3-5-8(9)13/h3-7H,1-2H3,(H4,14,15,16,17,18,19). The van der Waals surface area contributed by atoms with Crippen molar-refractivity contribution in [1.82, 2.24) is 15.0 Å². The predicted octanol–water partition coefficient (Wildman–Crippen LogP) is 2.16. The summed E-state index contributed by atoms with van der Waals surface area (Å²) in [5, 5.41) is 5.78. The van der Waals surface area contributed by atoms with Crippen molar-refractivity contribution in [3.05, 3.63) is 30.1 Å². The molecule has 1 heterocycles. The van der Waals surface area contributed by atoms with E-state index in [1.807, 2.05) is 13.8 Å². The first-order valence-electron chi connectivity index (χ1n) is 5.84. The lowest BCUT2D eigenvalue weighted by molar-refractivity contribution is 0.631. The van der Waals surface area contributed by atoms with E-state index in [1.165, 1.54) is 6.07 Å². The van der Waals surface area contributed by atoms with E-state index in [1.54, 1.807) is 18.2 Å². The Hall–Kier alpha value is -2.44. The van der Waals surface area contributed by atoms with Crippen molar-refractivity contribution in [2.45, 2.75) is 19.9 Å². The number of rotatable bonds is 4. The number of anilines is 4. The fourth-order valence-electron chi connectivity index (χ4n) is 1.45. The van der Waals surface area contributed by atoms with E-state index >= 15 is 0 Å². The van der Waals surface area contributed by atoms with Gasteiger partial charge >= 0.3 is 0 Å². The summed E-state index contributed by atoms with van der Waals surface area (Å²) >= 11 is 0. The molecule has 2 aromatic rings. The van der Waals surface area contributed by atoms with Crippen LogP contribution in [0.2, 0.25) is 0 Å². The monoisotopic (exact) mass is 262 g/mol. The van der Waals surface area contributed by atoms with Gasteiger partial charge < -0.3 is 16.4 Å². The van der Waals surface area contributed by atoms with Gasteiger partial charge in [-0.3, -0.25) is 0 Å². The Morgan fingerprint density at radius 3 is 2.47 bits per heavy atom. The van der Waals surface area contributed by atoms with Crippen LogP contribution in [0.15, 0.2) is 24.3 Å². The van der Waals surface area contributed by atoms with Gasteiger partial charge in [-0.2, -0.15) is 15.0 Å². The van der Waals surface area contributed by atoms with E-state index in [0.717, 1.165) is 0 Å². The van der Waals surface area contributed by atoms with Gasteiger partial charge in [0.1, 0.15) is 5.82 Å². The molecule has 0 aliphatic carbocycles. The van der Waals surface area contributed by atoms with Crippen molar-refractivity contribution >= 4 is 23.5 Å². The first-order chi connectivity index (χ1) is 9.04. The highest BCUT2D eigenvalue weighted by Gasteiger charge is 2.07. The van der Waals surface area contributed by atoms with E-state index in [2.05, 4.69) is 25.6 Å². The second kappa shape index (κ2) is 5.47. The fraction of sp³-hybridized carbons (Fsp3) is 0.250. The molecule has 1 aromatic carbocycles. The Morgan fingerprint density at radius 1 is 1.11 bits per heavy atom. The summed E-state index contributed by atoms with van der Waals surface area (Å²) in [6.07, 6.45) is 0. The van der Waals surface area contributed by atoms with Crippen molar-refractivity contribution in [1.29, 1.82) is 0 Å². The number of hydrogen-bond acceptors (Lipinski definition) is 6. The zero-order valence-corrected chi connectivity index (χ0v) is 10.7. The van der Waals surface area contributed by atoms with Crippen LogP contribution >= 0.6 is 0 Å². The molecule has 0 unspecified atom stereocenters. The SMILES string of the molecule is CC(C)Nc1nc(N)nc(Nc2ccccc2F)n1. The third-order valence-electron chi connectivity index (χ3n) is 2.19. The van der Waals surface area contributed by atoms with Gasteiger partial charge in [-0.1, -0.05) is 12.1 Å². The Labute approximate surface area is 110 Å². The van der Waals surface area contributed by atoms with Gasteiger partial charge in [0.05, 0.1) is 5.69 Å². The maximum absolute atomic E-state index is 13.5. The van der Waals surface area contributed by atoms with Crippen LogP contribution in [-0.4, -0.2) is 21.0 Å². The number of nitrogen functional groups attached to an aromatic ring is 1. The number of halogens is 1. The van der Waals surface area contributed by atoms with E-state index in [-0.39, 0.29) is 29.4 Å². The molecule has 1 aromatic heterocycles. The zero-order chi connectivity index (χ0) is 13.8. The highest BCUT2D eigenvalue weighted by atomic mass is 19.1. The summed E-state index contributed by atoms with van der Waals surface area (Å²) in [5.74, 6) is 0.221. The summed E-state index contributed by atoms with van der Waals surface area (Å²) in [6.45, 7) is 3.90. The van der Waals surface area contributed by atoms with Crippen molar-refractivity contribution < 1.29 is 4.39 Å². The lowest BCUT2D eigenvalue weighted by Crippen LogP contribution is -2.15. The Bertz CT molecular complexity index is 572. The molecular formula is C12H15FN6. The van der Waals surface area contributed by atoms with E-state index in [0.29, 0.717) is 5.95 Å². The van der Waals surface area contributed by atoms with Gasteiger partial charge in [-0.15, -0.1) is 0 Å². The molecule has 0 spiro atoms. The number of nitrogens with zero attached hydrogens (tertiary/aromatic N) is 3. The highest BCUT2D eigenvalue weighted by Crippen LogP contribution is 2.18. The zero-order valence-electron chi connectivity index (χ0n) is 10.7. The fourth-order valence-corrected chi connectivity index (χ4v) is 1.45. The van der Waals surface area contributed by atoms with Gasteiger partial charge in [-0.05, 0) is 26.0 Å². The molecule has 2 rings (SSSR count). The average Bonchev–Trinajstić information content (AvgIpc) is 2.30. The summed E-state index contributed by atoms with van der Waals surface area (Å²) in [6, 6.07) is 6.41. The maximum atomic E-state index is 13.5. The van der Waals surface area contributed by atoms with Gasteiger partial charge in [0.25, 0.3) is 0 Å². The molecule has 100 valence electrons. The number of hydrogen-bond donors (Lipinski definition) is 3. The first kappa shape index (κ1) is 13.0. The van der Waals surface area contributed by atoms with Crippen LogP contribution < -0.4 is 16.4 Å². The second-order valence-electron chi connectivity index (χ2n) is 4.24. The number of benzene rings is 1. The third kappa shape index (κ3) is 3.51. The van der Waals surface area contributed by atoms with Crippen LogP contribution in [0.4, 0.5) is 27.9 Å². The summed E-state index contributed by atoms with van der Waals surface area (Å²) in [7, 11) is 0. The van der Waals surface area contributed by atoms with Crippen LogP contribution in [0.3, 0.4) is 0 Å². The van der Waals surface area contributed by atoms with Gasteiger partial charge in [-0.25, -0.2) is 4.39 Å².